The Bertz CT molecular complexity index is 1300. The van der Waals surface area contributed by atoms with Gasteiger partial charge in [0.15, 0.2) is 0 Å². The second-order valence-corrected chi connectivity index (χ2v) is 7.22. The minimum Gasteiger partial charge on any atom is -0.268 e. The topological polar surface area (TPSA) is 34.4 Å². The van der Waals surface area contributed by atoms with Crippen molar-refractivity contribution in [2.75, 3.05) is 0 Å². The van der Waals surface area contributed by atoms with Gasteiger partial charge in [-0.2, -0.15) is 0 Å². The van der Waals surface area contributed by atoms with Gasteiger partial charge in [0.05, 0.1) is 5.52 Å². The Hall–Kier alpha value is -1.98. The average Bonchev–Trinajstić information content (AvgIpc) is 2.98. The summed E-state index contributed by atoms with van der Waals surface area (Å²) >= 11 is 7.10. The molecular weight excluding hydrogens is 420 g/mol. The number of pyridine rings is 1. The van der Waals surface area contributed by atoms with Crippen LogP contribution in [0.5, 0.6) is 0 Å². The van der Waals surface area contributed by atoms with E-state index in [1.165, 1.54) is 0 Å². The van der Waals surface area contributed by atoms with E-state index in [4.69, 9.17) is 4.98 Å². The Labute approximate surface area is 147 Å². The van der Waals surface area contributed by atoms with Gasteiger partial charge in [0.1, 0.15) is 11.2 Å². The van der Waals surface area contributed by atoms with E-state index in [9.17, 15) is 4.79 Å². The van der Waals surface area contributed by atoms with Crippen LogP contribution in [-0.4, -0.2) is 9.38 Å². The number of halogens is 2. The van der Waals surface area contributed by atoms with E-state index < -0.39 is 0 Å². The highest BCUT2D eigenvalue weighted by atomic mass is 79.9. The van der Waals surface area contributed by atoms with Crippen LogP contribution in [0.2, 0.25) is 0 Å². The summed E-state index contributed by atoms with van der Waals surface area (Å²) in [5.74, 6) is 0. The van der Waals surface area contributed by atoms with Crippen molar-refractivity contribution >= 4 is 70.1 Å². The number of rotatable bonds is 0. The van der Waals surface area contributed by atoms with Crippen molar-refractivity contribution in [3.8, 4) is 0 Å². The second-order valence-electron chi connectivity index (χ2n) is 5.51. The van der Waals surface area contributed by atoms with Gasteiger partial charge >= 0.3 is 0 Å². The van der Waals surface area contributed by atoms with Crippen molar-refractivity contribution in [1.82, 2.24) is 9.38 Å². The Morgan fingerprint density at radius 3 is 2.35 bits per heavy atom. The largest absolute Gasteiger partial charge is 0.268 e. The molecule has 110 valence electrons. The molecular formula is C18H8Br2N2O. The van der Waals surface area contributed by atoms with Crippen LogP contribution in [0.15, 0.2) is 62.3 Å². The number of hydrogen-bond donors (Lipinski definition) is 0. The van der Waals surface area contributed by atoms with Crippen molar-refractivity contribution in [3.05, 3.63) is 67.8 Å². The van der Waals surface area contributed by atoms with Crippen molar-refractivity contribution in [3.63, 3.8) is 0 Å². The molecule has 0 aliphatic rings. The maximum atomic E-state index is 13.1. The van der Waals surface area contributed by atoms with E-state index >= 15 is 0 Å². The summed E-state index contributed by atoms with van der Waals surface area (Å²) in [4.78, 5) is 17.9. The standard InChI is InChI=1S/C18H8Br2N2O/c19-12-7-8-13(20)16-15(12)21-17-10-5-1-3-9-4-2-6-11(14(9)10)18(23)22(16)17/h1-8H. The second kappa shape index (κ2) is 4.52. The van der Waals surface area contributed by atoms with Crippen LogP contribution in [0, 0.1) is 0 Å². The van der Waals surface area contributed by atoms with Gasteiger partial charge in [-0.05, 0) is 55.4 Å². The quantitative estimate of drug-likeness (QED) is 0.344. The fourth-order valence-electron chi connectivity index (χ4n) is 3.32. The number of aromatic nitrogens is 2. The number of nitrogens with zero attached hydrogens (tertiary/aromatic N) is 2. The molecule has 0 aliphatic heterocycles. The maximum absolute atomic E-state index is 13.1. The predicted octanol–water partition coefficient (Wildman–Crippen LogP) is 5.12. The predicted molar refractivity (Wildman–Crippen MR) is 101 cm³/mol. The summed E-state index contributed by atoms with van der Waals surface area (Å²) in [7, 11) is 0. The van der Waals surface area contributed by atoms with Crippen LogP contribution in [-0.2, 0) is 0 Å². The molecule has 23 heavy (non-hydrogen) atoms. The maximum Gasteiger partial charge on any atom is 0.264 e. The highest BCUT2D eigenvalue weighted by Crippen LogP contribution is 2.34. The summed E-state index contributed by atoms with van der Waals surface area (Å²) in [6.07, 6.45) is 0. The minimum absolute atomic E-state index is 0.0365. The van der Waals surface area contributed by atoms with E-state index in [0.29, 0.717) is 5.65 Å². The number of benzene rings is 3. The lowest BCUT2D eigenvalue weighted by Gasteiger charge is -2.06. The van der Waals surface area contributed by atoms with Gasteiger partial charge in [0.2, 0.25) is 0 Å². The summed E-state index contributed by atoms with van der Waals surface area (Å²) < 4.78 is 3.44. The van der Waals surface area contributed by atoms with E-state index in [1.807, 2.05) is 48.5 Å². The molecule has 0 radical (unpaired) electrons. The minimum atomic E-state index is -0.0365. The Morgan fingerprint density at radius 1 is 0.870 bits per heavy atom. The number of hydrogen-bond acceptors (Lipinski definition) is 2. The molecule has 0 fully saturated rings. The Morgan fingerprint density at radius 2 is 1.57 bits per heavy atom. The molecule has 0 saturated heterocycles. The van der Waals surface area contributed by atoms with Crippen LogP contribution in [0.3, 0.4) is 0 Å². The van der Waals surface area contributed by atoms with E-state index in [1.54, 1.807) is 4.40 Å². The average molecular weight is 428 g/mol. The molecule has 2 heterocycles. The highest BCUT2D eigenvalue weighted by molar-refractivity contribution is 9.11. The lowest BCUT2D eigenvalue weighted by molar-refractivity contribution is 1.18. The van der Waals surface area contributed by atoms with Crippen LogP contribution >= 0.6 is 31.9 Å². The third-order valence-electron chi connectivity index (χ3n) is 4.28. The van der Waals surface area contributed by atoms with E-state index in [2.05, 4.69) is 31.9 Å². The molecule has 0 atom stereocenters. The smallest absolute Gasteiger partial charge is 0.264 e. The zero-order valence-electron chi connectivity index (χ0n) is 11.7. The molecule has 5 heteroatoms. The lowest BCUT2D eigenvalue weighted by Crippen LogP contribution is -2.13. The van der Waals surface area contributed by atoms with Gasteiger partial charge in [-0.1, -0.05) is 30.3 Å². The first-order valence-corrected chi connectivity index (χ1v) is 8.68. The zero-order chi connectivity index (χ0) is 15.7. The highest BCUT2D eigenvalue weighted by Gasteiger charge is 2.18. The first-order valence-electron chi connectivity index (χ1n) is 7.10. The Kier molecular flexibility index (Phi) is 2.65. The van der Waals surface area contributed by atoms with Gasteiger partial charge < -0.3 is 0 Å². The fourth-order valence-corrected chi connectivity index (χ4v) is 4.22. The summed E-state index contributed by atoms with van der Waals surface area (Å²) in [6.45, 7) is 0. The summed E-state index contributed by atoms with van der Waals surface area (Å²) in [5.41, 5.74) is 2.24. The SMILES string of the molecule is O=c1c2cccc3cccc(c32)c2nc3c(Br)ccc(Br)c3n12. The van der Waals surface area contributed by atoms with E-state index in [0.717, 1.165) is 41.5 Å². The van der Waals surface area contributed by atoms with Gasteiger partial charge in [-0.25, -0.2) is 4.98 Å². The zero-order valence-corrected chi connectivity index (χ0v) is 14.8. The molecule has 0 spiro atoms. The third-order valence-corrected chi connectivity index (χ3v) is 5.56. The number of fused-ring (bicyclic) bond motifs is 4. The summed E-state index contributed by atoms with van der Waals surface area (Å²) in [6, 6.07) is 15.8. The van der Waals surface area contributed by atoms with Gasteiger partial charge in [0, 0.05) is 25.1 Å². The van der Waals surface area contributed by atoms with Gasteiger partial charge in [0.25, 0.3) is 5.56 Å². The molecule has 3 aromatic carbocycles. The van der Waals surface area contributed by atoms with Crippen LogP contribution in [0.1, 0.15) is 0 Å². The Balaban J connectivity index is 2.26. The molecule has 0 bridgehead atoms. The normalized spacial score (nSPS) is 12.1. The van der Waals surface area contributed by atoms with Crippen molar-refractivity contribution in [2.45, 2.75) is 0 Å². The summed E-state index contributed by atoms with van der Waals surface area (Å²) in [5, 5.41) is 3.75. The fraction of sp³-hybridized carbons (Fsp3) is 0. The molecule has 5 aromatic rings. The van der Waals surface area contributed by atoms with Crippen LogP contribution in [0.4, 0.5) is 0 Å². The van der Waals surface area contributed by atoms with Crippen LogP contribution in [0.25, 0.3) is 38.2 Å². The van der Waals surface area contributed by atoms with Crippen molar-refractivity contribution < 1.29 is 0 Å². The molecule has 0 N–H and O–H groups in total. The first kappa shape index (κ1) is 13.5. The molecule has 0 saturated carbocycles. The number of imidazole rings is 1. The first-order chi connectivity index (χ1) is 11.2. The molecule has 5 rings (SSSR count). The molecule has 3 nitrogen and oxygen atoms in total. The lowest BCUT2D eigenvalue weighted by atomic mass is 10.0. The van der Waals surface area contributed by atoms with Crippen molar-refractivity contribution in [2.24, 2.45) is 0 Å². The third kappa shape index (κ3) is 1.64. The molecule has 0 unspecified atom stereocenters. The van der Waals surface area contributed by atoms with Crippen LogP contribution < -0.4 is 5.56 Å². The van der Waals surface area contributed by atoms with E-state index in [-0.39, 0.29) is 5.56 Å². The monoisotopic (exact) mass is 426 g/mol. The van der Waals surface area contributed by atoms with Gasteiger partial charge in [-0.3, -0.25) is 9.20 Å². The molecule has 0 amide bonds. The van der Waals surface area contributed by atoms with Crippen molar-refractivity contribution in [1.29, 1.82) is 0 Å². The van der Waals surface area contributed by atoms with Gasteiger partial charge in [-0.15, -0.1) is 0 Å². The molecule has 0 aliphatic carbocycles. The molecule has 2 aromatic heterocycles.